The molecule has 0 aliphatic carbocycles. The Morgan fingerprint density at radius 3 is 2.23 bits per heavy atom. The summed E-state index contributed by atoms with van der Waals surface area (Å²) in [6.45, 7) is -0.380. The van der Waals surface area contributed by atoms with Crippen molar-refractivity contribution in [3.63, 3.8) is 0 Å². The number of rotatable bonds is 9. The van der Waals surface area contributed by atoms with Gasteiger partial charge in [0.1, 0.15) is 17.2 Å². The largest absolute Gasteiger partial charge is 0.497 e. The van der Waals surface area contributed by atoms with Crippen LogP contribution in [0.3, 0.4) is 0 Å². The molecule has 3 aromatic rings. The minimum atomic E-state index is -4.61. The molecule has 0 fully saturated rings. The first-order chi connectivity index (χ1) is 16.5. The number of sulfonamides is 1. The lowest BCUT2D eigenvalue weighted by Crippen LogP contribution is -2.20. The van der Waals surface area contributed by atoms with E-state index in [9.17, 15) is 26.4 Å². The number of hydrogen-bond acceptors (Lipinski definition) is 6. The quantitative estimate of drug-likeness (QED) is 0.438. The number of amides is 1. The molecule has 35 heavy (non-hydrogen) atoms. The summed E-state index contributed by atoms with van der Waals surface area (Å²) in [6.07, 6.45) is -4.61. The van der Waals surface area contributed by atoms with Crippen LogP contribution in [0.15, 0.2) is 71.6 Å². The molecule has 12 heteroatoms. The minimum Gasteiger partial charge on any atom is -0.497 e. The van der Waals surface area contributed by atoms with E-state index in [2.05, 4.69) is 10.0 Å². The number of nitrogens with one attached hydrogen (secondary N) is 2. The molecule has 0 aliphatic heterocycles. The monoisotopic (exact) mass is 510 g/mol. The second-order valence-corrected chi connectivity index (χ2v) is 8.74. The van der Waals surface area contributed by atoms with Gasteiger partial charge >= 0.3 is 6.18 Å². The Morgan fingerprint density at radius 2 is 1.60 bits per heavy atom. The van der Waals surface area contributed by atoms with Gasteiger partial charge < -0.3 is 19.5 Å². The van der Waals surface area contributed by atoms with E-state index in [-0.39, 0.29) is 22.9 Å². The number of hydrogen-bond donors (Lipinski definition) is 2. The van der Waals surface area contributed by atoms with Gasteiger partial charge in [-0.2, -0.15) is 13.2 Å². The van der Waals surface area contributed by atoms with Crippen molar-refractivity contribution < 1.29 is 40.6 Å². The van der Waals surface area contributed by atoms with Gasteiger partial charge in [-0.1, -0.05) is 6.07 Å². The van der Waals surface area contributed by atoms with Crippen LogP contribution in [0.25, 0.3) is 0 Å². The number of alkyl halides is 3. The molecule has 1 amide bonds. The molecule has 0 heterocycles. The molecule has 0 atom stereocenters. The third kappa shape index (κ3) is 6.79. The molecular weight excluding hydrogens is 489 g/mol. The minimum absolute atomic E-state index is 0.201. The second kappa shape index (κ2) is 10.6. The smallest absolute Gasteiger partial charge is 0.416 e. The molecule has 0 saturated carbocycles. The Morgan fingerprint density at radius 1 is 0.914 bits per heavy atom. The van der Waals surface area contributed by atoms with E-state index in [1.807, 2.05) is 0 Å². The normalized spacial score (nSPS) is 11.5. The van der Waals surface area contributed by atoms with Crippen molar-refractivity contribution in [2.75, 3.05) is 30.9 Å². The first kappa shape index (κ1) is 25.7. The standard InChI is InChI=1S/C23H21F3N2O6S/c1-32-18-8-11-21(33-2)20(13-18)27-22(29)14-34-17-6-9-19(10-7-17)35(30,31)28-16-5-3-4-15(12-16)23(24,25)26/h3-13,28H,14H2,1-2H3,(H,27,29). The number of benzene rings is 3. The van der Waals surface area contributed by atoms with Crippen molar-refractivity contribution in [1.29, 1.82) is 0 Å². The van der Waals surface area contributed by atoms with E-state index in [0.717, 1.165) is 12.1 Å². The molecule has 3 aromatic carbocycles. The highest BCUT2D eigenvalue weighted by atomic mass is 32.2. The summed E-state index contributed by atoms with van der Waals surface area (Å²) >= 11 is 0. The maximum atomic E-state index is 12.9. The van der Waals surface area contributed by atoms with E-state index in [1.165, 1.54) is 44.6 Å². The highest BCUT2D eigenvalue weighted by molar-refractivity contribution is 7.92. The average Bonchev–Trinajstić information content (AvgIpc) is 2.82. The van der Waals surface area contributed by atoms with E-state index in [4.69, 9.17) is 14.2 Å². The van der Waals surface area contributed by atoms with E-state index in [0.29, 0.717) is 23.3 Å². The topological polar surface area (TPSA) is 103 Å². The molecule has 8 nitrogen and oxygen atoms in total. The number of halogens is 3. The molecule has 0 radical (unpaired) electrons. The van der Waals surface area contributed by atoms with Gasteiger partial charge in [-0.25, -0.2) is 8.42 Å². The summed E-state index contributed by atoms with van der Waals surface area (Å²) in [5.74, 6) is 0.634. The zero-order valence-corrected chi connectivity index (χ0v) is 19.4. The fourth-order valence-electron chi connectivity index (χ4n) is 2.94. The lowest BCUT2D eigenvalue weighted by Gasteiger charge is -2.13. The van der Waals surface area contributed by atoms with Gasteiger partial charge in [0.05, 0.1) is 30.4 Å². The van der Waals surface area contributed by atoms with Crippen molar-refractivity contribution in [3.05, 3.63) is 72.3 Å². The molecule has 3 rings (SSSR count). The summed E-state index contributed by atoms with van der Waals surface area (Å²) in [6, 6.07) is 13.8. The van der Waals surface area contributed by atoms with Gasteiger partial charge in [0, 0.05) is 11.8 Å². The van der Waals surface area contributed by atoms with Crippen LogP contribution in [0.5, 0.6) is 17.2 Å². The number of carbonyl (C=O) groups excluding carboxylic acids is 1. The number of carbonyl (C=O) groups is 1. The maximum Gasteiger partial charge on any atom is 0.416 e. The lowest BCUT2D eigenvalue weighted by atomic mass is 10.2. The number of methoxy groups -OCH3 is 2. The van der Waals surface area contributed by atoms with E-state index >= 15 is 0 Å². The van der Waals surface area contributed by atoms with Crippen molar-refractivity contribution in [2.24, 2.45) is 0 Å². The number of anilines is 2. The van der Waals surface area contributed by atoms with Crippen molar-refractivity contribution in [3.8, 4) is 17.2 Å². The summed E-state index contributed by atoms with van der Waals surface area (Å²) in [4.78, 5) is 12.1. The molecule has 0 spiro atoms. The Bertz CT molecular complexity index is 1300. The zero-order valence-electron chi connectivity index (χ0n) is 18.5. The Kier molecular flexibility index (Phi) is 7.75. The fourth-order valence-corrected chi connectivity index (χ4v) is 3.98. The predicted molar refractivity (Wildman–Crippen MR) is 122 cm³/mol. The van der Waals surface area contributed by atoms with Crippen LogP contribution in [0.4, 0.5) is 24.5 Å². The fraction of sp³-hybridized carbons (Fsp3) is 0.174. The predicted octanol–water partition coefficient (Wildman–Crippen LogP) is 4.54. The van der Waals surface area contributed by atoms with E-state index in [1.54, 1.807) is 18.2 Å². The molecule has 0 aromatic heterocycles. The molecule has 0 saturated heterocycles. The van der Waals surface area contributed by atoms with Gasteiger partial charge in [0.25, 0.3) is 15.9 Å². The van der Waals surface area contributed by atoms with Crippen molar-refractivity contribution >= 4 is 27.3 Å². The maximum absolute atomic E-state index is 12.9. The van der Waals surface area contributed by atoms with Crippen LogP contribution >= 0.6 is 0 Å². The van der Waals surface area contributed by atoms with Gasteiger partial charge in [0.2, 0.25) is 0 Å². The molecule has 0 bridgehead atoms. The Labute approximate surface area is 199 Å². The summed E-state index contributed by atoms with van der Waals surface area (Å²) in [5.41, 5.74) is -0.835. The molecule has 186 valence electrons. The summed E-state index contributed by atoms with van der Waals surface area (Å²) in [7, 11) is -1.23. The molecule has 0 aliphatic rings. The van der Waals surface area contributed by atoms with Crippen LogP contribution < -0.4 is 24.2 Å². The van der Waals surface area contributed by atoms with Crippen molar-refractivity contribution in [1.82, 2.24) is 0 Å². The zero-order chi connectivity index (χ0) is 25.6. The number of ether oxygens (including phenoxy) is 3. The van der Waals surface area contributed by atoms with Crippen LogP contribution in [0.1, 0.15) is 5.56 Å². The van der Waals surface area contributed by atoms with Gasteiger partial charge in [-0.05, 0) is 54.6 Å². The van der Waals surface area contributed by atoms with Gasteiger partial charge in [-0.15, -0.1) is 0 Å². The highest BCUT2D eigenvalue weighted by Crippen LogP contribution is 2.31. The first-order valence-corrected chi connectivity index (χ1v) is 11.4. The van der Waals surface area contributed by atoms with E-state index < -0.39 is 27.7 Å². The Balaban J connectivity index is 1.62. The molecule has 0 unspecified atom stereocenters. The summed E-state index contributed by atoms with van der Waals surface area (Å²) < 4.78 is 81.5. The second-order valence-electron chi connectivity index (χ2n) is 7.06. The van der Waals surface area contributed by atoms with Crippen LogP contribution in [0.2, 0.25) is 0 Å². The highest BCUT2D eigenvalue weighted by Gasteiger charge is 2.30. The lowest BCUT2D eigenvalue weighted by molar-refractivity contribution is -0.137. The summed E-state index contributed by atoms with van der Waals surface area (Å²) in [5, 5.41) is 2.63. The SMILES string of the molecule is COc1ccc(OC)c(NC(=O)COc2ccc(S(=O)(=O)Nc3cccc(C(F)(F)F)c3)cc2)c1. The van der Waals surface area contributed by atoms with Crippen molar-refractivity contribution in [2.45, 2.75) is 11.1 Å². The average molecular weight is 510 g/mol. The van der Waals surface area contributed by atoms with Crippen LogP contribution in [0, 0.1) is 0 Å². The third-order valence-corrected chi connectivity index (χ3v) is 6.02. The van der Waals surface area contributed by atoms with Crippen LogP contribution in [-0.2, 0) is 21.0 Å². The molecule has 2 N–H and O–H groups in total. The molecular formula is C23H21F3N2O6S. The Hall–Kier alpha value is -3.93. The first-order valence-electron chi connectivity index (χ1n) is 9.96. The van der Waals surface area contributed by atoms with Gasteiger partial charge in [-0.3, -0.25) is 9.52 Å². The van der Waals surface area contributed by atoms with Gasteiger partial charge in [0.15, 0.2) is 6.61 Å². The third-order valence-electron chi connectivity index (χ3n) is 4.63. The van der Waals surface area contributed by atoms with Crippen LogP contribution in [-0.4, -0.2) is 35.2 Å².